The van der Waals surface area contributed by atoms with E-state index in [4.69, 9.17) is 37.4 Å². The third-order valence-electron chi connectivity index (χ3n) is 4.35. The van der Waals surface area contributed by atoms with Gasteiger partial charge in [-0.2, -0.15) is 5.10 Å². The van der Waals surface area contributed by atoms with Crippen molar-refractivity contribution in [1.29, 1.82) is 0 Å². The Balaban J connectivity index is 1.61. The molecular weight excluding hydrogens is 467 g/mol. The molecule has 0 aliphatic carbocycles. The van der Waals surface area contributed by atoms with Gasteiger partial charge in [0.05, 0.1) is 23.9 Å². The predicted octanol–water partition coefficient (Wildman–Crippen LogP) is 5.14. The summed E-state index contributed by atoms with van der Waals surface area (Å²) >= 11 is 12.0. The van der Waals surface area contributed by atoms with E-state index in [1.54, 1.807) is 73.7 Å². The number of esters is 1. The average Bonchev–Trinajstić information content (AvgIpc) is 2.80. The van der Waals surface area contributed by atoms with Crippen molar-refractivity contribution in [3.05, 3.63) is 87.9 Å². The average molecular weight is 487 g/mol. The molecule has 0 radical (unpaired) electrons. The van der Waals surface area contributed by atoms with Gasteiger partial charge in [0.1, 0.15) is 5.75 Å². The Kier molecular flexibility index (Phi) is 8.29. The molecule has 0 aromatic heterocycles. The molecule has 1 atom stereocenters. The van der Waals surface area contributed by atoms with E-state index in [2.05, 4.69) is 10.5 Å². The number of ether oxygens (including phenoxy) is 3. The van der Waals surface area contributed by atoms with Crippen LogP contribution in [0.4, 0.5) is 0 Å². The molecule has 170 valence electrons. The third-order valence-corrected chi connectivity index (χ3v) is 4.92. The van der Waals surface area contributed by atoms with Crippen molar-refractivity contribution >= 4 is 41.3 Å². The normalized spacial score (nSPS) is 11.6. The molecule has 0 spiro atoms. The van der Waals surface area contributed by atoms with Crippen LogP contribution in [0.2, 0.25) is 10.0 Å². The maximum Gasteiger partial charge on any atom is 0.345 e. The maximum atomic E-state index is 12.4. The van der Waals surface area contributed by atoms with Crippen LogP contribution >= 0.6 is 23.2 Å². The highest BCUT2D eigenvalue weighted by Crippen LogP contribution is 2.29. The molecule has 1 N–H and O–H groups in total. The highest BCUT2D eigenvalue weighted by Gasteiger charge is 2.16. The highest BCUT2D eigenvalue weighted by molar-refractivity contribution is 6.33. The first-order valence-electron chi connectivity index (χ1n) is 9.77. The number of nitrogens with one attached hydrogen (secondary N) is 1. The molecule has 0 fully saturated rings. The van der Waals surface area contributed by atoms with Gasteiger partial charge in [-0.05, 0) is 61.0 Å². The molecule has 3 rings (SSSR count). The minimum absolute atomic E-state index is 0.215. The summed E-state index contributed by atoms with van der Waals surface area (Å²) in [5, 5.41) is 4.73. The number of benzene rings is 3. The Labute approximate surface area is 200 Å². The number of nitrogens with zero attached hydrogens (tertiary/aromatic N) is 1. The Morgan fingerprint density at radius 1 is 1.00 bits per heavy atom. The van der Waals surface area contributed by atoms with Gasteiger partial charge in [-0.25, -0.2) is 10.2 Å². The summed E-state index contributed by atoms with van der Waals surface area (Å²) in [6.07, 6.45) is 0.633. The molecule has 7 nitrogen and oxygen atoms in total. The quantitative estimate of drug-likeness (QED) is 0.206. The minimum atomic E-state index is -0.790. The fourth-order valence-electron chi connectivity index (χ4n) is 2.69. The van der Waals surface area contributed by atoms with Crippen molar-refractivity contribution in [2.45, 2.75) is 13.0 Å². The molecule has 3 aromatic rings. The van der Waals surface area contributed by atoms with Crippen molar-refractivity contribution in [2.75, 3.05) is 7.11 Å². The van der Waals surface area contributed by atoms with Crippen molar-refractivity contribution in [1.82, 2.24) is 5.43 Å². The topological polar surface area (TPSA) is 86.2 Å². The second-order valence-corrected chi connectivity index (χ2v) is 7.58. The fraction of sp³-hybridized carbons (Fsp3) is 0.125. The molecule has 0 saturated heterocycles. The Morgan fingerprint density at radius 3 is 2.52 bits per heavy atom. The molecule has 0 aliphatic heterocycles. The van der Waals surface area contributed by atoms with Crippen LogP contribution in [0.15, 0.2) is 71.8 Å². The largest absolute Gasteiger partial charge is 0.493 e. The van der Waals surface area contributed by atoms with Gasteiger partial charge in [-0.1, -0.05) is 41.4 Å². The smallest absolute Gasteiger partial charge is 0.345 e. The first kappa shape index (κ1) is 24.1. The van der Waals surface area contributed by atoms with Gasteiger partial charge in [0.2, 0.25) is 0 Å². The summed E-state index contributed by atoms with van der Waals surface area (Å²) in [5.74, 6) is -0.0546. The number of hydrogen-bond acceptors (Lipinski definition) is 6. The number of halogens is 2. The van der Waals surface area contributed by atoms with Crippen LogP contribution < -0.4 is 19.6 Å². The zero-order valence-electron chi connectivity index (χ0n) is 17.7. The zero-order chi connectivity index (χ0) is 23.8. The predicted molar refractivity (Wildman–Crippen MR) is 127 cm³/mol. The number of rotatable bonds is 8. The SMILES string of the molecule is COc1cc(/C=N\NC(=O)[C@H](C)Oc2cccc(Cl)c2)ccc1OC(=O)c1ccccc1Cl. The van der Waals surface area contributed by atoms with Gasteiger partial charge in [-0.15, -0.1) is 0 Å². The van der Waals surface area contributed by atoms with E-state index in [0.717, 1.165) is 0 Å². The first-order chi connectivity index (χ1) is 15.9. The molecule has 9 heteroatoms. The molecular formula is C24H20Cl2N2O5. The van der Waals surface area contributed by atoms with E-state index in [1.165, 1.54) is 13.3 Å². The van der Waals surface area contributed by atoms with E-state index < -0.39 is 18.0 Å². The minimum Gasteiger partial charge on any atom is -0.493 e. The van der Waals surface area contributed by atoms with Crippen LogP contribution in [0.25, 0.3) is 0 Å². The Bertz CT molecular complexity index is 1180. The summed E-state index contributed by atoms with van der Waals surface area (Å²) in [5.41, 5.74) is 3.25. The van der Waals surface area contributed by atoms with E-state index in [1.807, 2.05) is 0 Å². The molecule has 0 heterocycles. The van der Waals surface area contributed by atoms with E-state index in [-0.39, 0.29) is 16.3 Å². The first-order valence-corrected chi connectivity index (χ1v) is 10.5. The standard InChI is InChI=1S/C24H20Cl2N2O5/c1-15(32-18-7-5-6-17(25)13-18)23(29)28-27-14-16-10-11-21(22(12-16)31-2)33-24(30)19-8-3-4-9-20(19)26/h3-15H,1-2H3,(H,28,29)/b27-14-/t15-/m0/s1. The van der Waals surface area contributed by atoms with Gasteiger partial charge >= 0.3 is 5.97 Å². The van der Waals surface area contributed by atoms with E-state index >= 15 is 0 Å². The van der Waals surface area contributed by atoms with Gasteiger partial charge < -0.3 is 14.2 Å². The maximum absolute atomic E-state index is 12.4. The summed E-state index contributed by atoms with van der Waals surface area (Å²) < 4.78 is 16.3. The van der Waals surface area contributed by atoms with Crippen molar-refractivity contribution in [2.24, 2.45) is 5.10 Å². The zero-order valence-corrected chi connectivity index (χ0v) is 19.3. The van der Waals surface area contributed by atoms with Crippen LogP contribution in [0.5, 0.6) is 17.2 Å². The molecule has 33 heavy (non-hydrogen) atoms. The summed E-state index contributed by atoms with van der Waals surface area (Å²) in [4.78, 5) is 24.6. The number of hydrogen-bond donors (Lipinski definition) is 1. The second kappa shape index (κ2) is 11.4. The highest BCUT2D eigenvalue weighted by atomic mass is 35.5. The Morgan fingerprint density at radius 2 is 1.79 bits per heavy atom. The van der Waals surface area contributed by atoms with Gasteiger partial charge in [0, 0.05) is 5.02 Å². The lowest BCUT2D eigenvalue weighted by atomic mass is 10.2. The molecule has 0 unspecified atom stereocenters. The van der Waals surface area contributed by atoms with Gasteiger partial charge in [0.25, 0.3) is 5.91 Å². The van der Waals surface area contributed by atoms with Crippen LogP contribution in [-0.4, -0.2) is 31.3 Å². The molecule has 0 bridgehead atoms. The van der Waals surface area contributed by atoms with Crippen LogP contribution in [0.3, 0.4) is 0 Å². The lowest BCUT2D eigenvalue weighted by molar-refractivity contribution is -0.127. The number of methoxy groups -OCH3 is 1. The summed E-state index contributed by atoms with van der Waals surface area (Å²) in [6.45, 7) is 1.59. The Hall–Kier alpha value is -3.55. The van der Waals surface area contributed by atoms with Gasteiger partial charge in [-0.3, -0.25) is 4.79 Å². The molecule has 3 aromatic carbocycles. The molecule has 1 amide bonds. The summed E-state index contributed by atoms with van der Waals surface area (Å²) in [7, 11) is 1.44. The summed E-state index contributed by atoms with van der Waals surface area (Å²) in [6, 6.07) is 18.1. The molecule has 0 aliphatic rings. The van der Waals surface area contributed by atoms with Crippen LogP contribution in [-0.2, 0) is 4.79 Å². The van der Waals surface area contributed by atoms with Crippen molar-refractivity contribution in [3.63, 3.8) is 0 Å². The van der Waals surface area contributed by atoms with Gasteiger partial charge in [0.15, 0.2) is 17.6 Å². The number of carbonyl (C=O) groups is 2. The molecule has 0 saturated carbocycles. The number of carbonyl (C=O) groups excluding carboxylic acids is 2. The monoisotopic (exact) mass is 486 g/mol. The van der Waals surface area contributed by atoms with Crippen molar-refractivity contribution < 1.29 is 23.8 Å². The van der Waals surface area contributed by atoms with Crippen LogP contribution in [0, 0.1) is 0 Å². The third kappa shape index (κ3) is 6.71. The number of hydrazone groups is 1. The second-order valence-electron chi connectivity index (χ2n) is 6.73. The number of amides is 1. The van der Waals surface area contributed by atoms with E-state index in [0.29, 0.717) is 22.1 Å². The van der Waals surface area contributed by atoms with Crippen molar-refractivity contribution in [3.8, 4) is 17.2 Å². The fourth-order valence-corrected chi connectivity index (χ4v) is 3.08. The lowest BCUT2D eigenvalue weighted by Gasteiger charge is -2.13. The van der Waals surface area contributed by atoms with Crippen LogP contribution in [0.1, 0.15) is 22.8 Å². The van der Waals surface area contributed by atoms with E-state index in [9.17, 15) is 9.59 Å². The lowest BCUT2D eigenvalue weighted by Crippen LogP contribution is -2.33.